The van der Waals surface area contributed by atoms with Crippen molar-refractivity contribution >= 4 is 29.4 Å². The van der Waals surface area contributed by atoms with Gasteiger partial charge >= 0.3 is 5.97 Å². The van der Waals surface area contributed by atoms with Crippen LogP contribution in [-0.2, 0) is 14.4 Å². The topological polar surface area (TPSA) is 74.7 Å². The molecule has 0 fully saturated rings. The Balaban J connectivity index is 2.48. The molecule has 1 aromatic rings. The summed E-state index contributed by atoms with van der Waals surface area (Å²) >= 11 is 5.90. The van der Waals surface area contributed by atoms with Gasteiger partial charge in [0.05, 0.1) is 0 Å². The summed E-state index contributed by atoms with van der Waals surface area (Å²) in [4.78, 5) is 35.0. The van der Waals surface area contributed by atoms with Gasteiger partial charge in [0.25, 0.3) is 11.8 Å². The predicted molar refractivity (Wildman–Crippen MR) is 62.8 cm³/mol. The van der Waals surface area contributed by atoms with Crippen molar-refractivity contribution in [3.63, 3.8) is 0 Å². The molecule has 1 unspecified atom stereocenters. The lowest BCUT2D eigenvalue weighted by molar-refractivity contribution is -0.153. The maximum atomic E-state index is 11.5. The van der Waals surface area contributed by atoms with Gasteiger partial charge in [0, 0.05) is 22.7 Å². The first kappa shape index (κ1) is 12.3. The van der Waals surface area contributed by atoms with E-state index in [9.17, 15) is 19.5 Å². The number of benzene rings is 1. The molecule has 6 heteroatoms. The molecule has 0 saturated heterocycles. The number of carboxylic acids is 1. The van der Waals surface area contributed by atoms with Crippen molar-refractivity contribution in [2.45, 2.75) is 6.04 Å². The van der Waals surface area contributed by atoms with Crippen LogP contribution in [0.25, 0.3) is 0 Å². The van der Waals surface area contributed by atoms with Crippen molar-refractivity contribution in [2.75, 3.05) is 0 Å². The van der Waals surface area contributed by atoms with Gasteiger partial charge in [0.1, 0.15) is 0 Å². The van der Waals surface area contributed by atoms with Gasteiger partial charge in [-0.2, -0.15) is 0 Å². The zero-order valence-electron chi connectivity index (χ0n) is 9.04. The number of carboxylic acid groups (broad SMARTS) is 1. The van der Waals surface area contributed by atoms with Crippen LogP contribution >= 0.6 is 11.6 Å². The summed E-state index contributed by atoms with van der Waals surface area (Å²) in [5, 5.41) is 9.41. The van der Waals surface area contributed by atoms with Gasteiger partial charge in [0.2, 0.25) is 0 Å². The van der Waals surface area contributed by atoms with Gasteiger partial charge in [-0.05, 0) is 6.07 Å². The Labute approximate surface area is 107 Å². The normalized spacial score (nSPS) is 16.2. The average Bonchev–Trinajstić information content (AvgIpc) is 2.63. The average molecular weight is 266 g/mol. The van der Waals surface area contributed by atoms with E-state index in [-0.39, 0.29) is 10.6 Å². The lowest BCUT2D eigenvalue weighted by Crippen LogP contribution is -2.38. The lowest BCUT2D eigenvalue weighted by Gasteiger charge is -2.23. The Bertz CT molecular complexity index is 549. The van der Waals surface area contributed by atoms with Crippen molar-refractivity contribution in [3.05, 3.63) is 47.0 Å². The number of imide groups is 1. The Morgan fingerprint density at radius 3 is 2.22 bits per heavy atom. The van der Waals surface area contributed by atoms with Crippen LogP contribution in [0.3, 0.4) is 0 Å². The van der Waals surface area contributed by atoms with E-state index in [0.29, 0.717) is 4.90 Å². The highest BCUT2D eigenvalue weighted by molar-refractivity contribution is 6.31. The first-order chi connectivity index (χ1) is 8.52. The second-order valence-electron chi connectivity index (χ2n) is 3.64. The summed E-state index contributed by atoms with van der Waals surface area (Å²) in [5.74, 6) is -2.63. The Hall–Kier alpha value is -2.14. The van der Waals surface area contributed by atoms with Crippen LogP contribution in [-0.4, -0.2) is 27.8 Å². The molecule has 92 valence electrons. The quantitative estimate of drug-likeness (QED) is 0.838. The van der Waals surface area contributed by atoms with Crippen molar-refractivity contribution in [1.29, 1.82) is 0 Å². The third-order valence-electron chi connectivity index (χ3n) is 2.54. The van der Waals surface area contributed by atoms with E-state index in [1.165, 1.54) is 12.1 Å². The fourth-order valence-corrected chi connectivity index (χ4v) is 1.98. The first-order valence-corrected chi connectivity index (χ1v) is 5.42. The van der Waals surface area contributed by atoms with Crippen LogP contribution in [0.5, 0.6) is 0 Å². The third-order valence-corrected chi connectivity index (χ3v) is 2.88. The Morgan fingerprint density at radius 2 is 1.72 bits per heavy atom. The summed E-state index contributed by atoms with van der Waals surface area (Å²) in [6, 6.07) is 4.80. The summed E-state index contributed by atoms with van der Waals surface area (Å²) < 4.78 is 0. The molecule has 1 aromatic carbocycles. The third kappa shape index (κ3) is 2.00. The van der Waals surface area contributed by atoms with Crippen LogP contribution in [0.2, 0.25) is 5.02 Å². The molecule has 0 saturated carbocycles. The molecule has 1 aliphatic rings. The number of rotatable bonds is 3. The smallest absolute Gasteiger partial charge is 0.331 e. The summed E-state index contributed by atoms with van der Waals surface area (Å²) in [5.41, 5.74) is 0.206. The maximum absolute atomic E-state index is 11.5. The largest absolute Gasteiger partial charge is 0.479 e. The Morgan fingerprint density at radius 1 is 1.17 bits per heavy atom. The van der Waals surface area contributed by atoms with E-state index < -0.39 is 23.8 Å². The number of hydrogen-bond donors (Lipinski definition) is 1. The fraction of sp³-hybridized carbons (Fsp3) is 0.0833. The summed E-state index contributed by atoms with van der Waals surface area (Å²) in [6.45, 7) is 0. The van der Waals surface area contributed by atoms with Gasteiger partial charge in [0.15, 0.2) is 6.04 Å². The fourth-order valence-electron chi connectivity index (χ4n) is 1.75. The molecular weight excluding hydrogens is 258 g/mol. The van der Waals surface area contributed by atoms with E-state index in [1.54, 1.807) is 12.1 Å². The van der Waals surface area contributed by atoms with E-state index >= 15 is 0 Å². The number of carbonyl (C=O) groups excluding carboxylic acids is 2. The van der Waals surface area contributed by atoms with Gasteiger partial charge in [-0.15, -0.1) is 0 Å². The van der Waals surface area contributed by atoms with Crippen molar-refractivity contribution in [3.8, 4) is 0 Å². The molecule has 1 N–H and O–H groups in total. The molecule has 18 heavy (non-hydrogen) atoms. The SMILES string of the molecule is O=C(O)C(c1ccccc1Cl)N1C(=O)C=CC1=O. The van der Waals surface area contributed by atoms with Gasteiger partial charge in [-0.3, -0.25) is 14.5 Å². The van der Waals surface area contributed by atoms with Gasteiger partial charge < -0.3 is 5.11 Å². The summed E-state index contributed by atoms with van der Waals surface area (Å²) in [6.07, 6.45) is 2.07. The second-order valence-corrected chi connectivity index (χ2v) is 4.05. The molecule has 2 amide bonds. The van der Waals surface area contributed by atoms with E-state index in [1.807, 2.05) is 0 Å². The zero-order valence-corrected chi connectivity index (χ0v) is 9.79. The summed E-state index contributed by atoms with van der Waals surface area (Å²) in [7, 11) is 0. The molecule has 1 aliphatic heterocycles. The maximum Gasteiger partial charge on any atom is 0.331 e. The van der Waals surface area contributed by atoms with Crippen LogP contribution in [0.15, 0.2) is 36.4 Å². The molecule has 0 aliphatic carbocycles. The minimum Gasteiger partial charge on any atom is -0.479 e. The zero-order chi connectivity index (χ0) is 13.3. The highest BCUT2D eigenvalue weighted by atomic mass is 35.5. The molecule has 0 radical (unpaired) electrons. The minimum atomic E-state index is -1.41. The molecule has 0 bridgehead atoms. The molecule has 0 spiro atoms. The second kappa shape index (κ2) is 4.62. The molecule has 5 nitrogen and oxygen atoms in total. The monoisotopic (exact) mass is 265 g/mol. The van der Waals surface area contributed by atoms with Crippen LogP contribution < -0.4 is 0 Å². The lowest BCUT2D eigenvalue weighted by atomic mass is 10.1. The highest BCUT2D eigenvalue weighted by Gasteiger charge is 2.37. The molecule has 1 atom stereocenters. The van der Waals surface area contributed by atoms with Crippen molar-refractivity contribution < 1.29 is 19.5 Å². The minimum absolute atomic E-state index is 0.192. The van der Waals surface area contributed by atoms with Crippen LogP contribution in [0.4, 0.5) is 0 Å². The van der Waals surface area contributed by atoms with Crippen LogP contribution in [0.1, 0.15) is 11.6 Å². The highest BCUT2D eigenvalue weighted by Crippen LogP contribution is 2.29. The Kier molecular flexibility index (Phi) is 3.16. The molecular formula is C12H8ClNO4. The van der Waals surface area contributed by atoms with E-state index in [4.69, 9.17) is 11.6 Å². The van der Waals surface area contributed by atoms with Gasteiger partial charge in [-0.25, -0.2) is 4.79 Å². The first-order valence-electron chi connectivity index (χ1n) is 5.05. The number of amides is 2. The number of hydrogen-bond acceptors (Lipinski definition) is 3. The van der Waals surface area contributed by atoms with Crippen LogP contribution in [0, 0.1) is 0 Å². The molecule has 1 heterocycles. The predicted octanol–water partition coefficient (Wildman–Crippen LogP) is 1.39. The number of nitrogens with zero attached hydrogens (tertiary/aromatic N) is 1. The van der Waals surface area contributed by atoms with Gasteiger partial charge in [-0.1, -0.05) is 29.8 Å². The number of carbonyl (C=O) groups is 3. The van der Waals surface area contributed by atoms with E-state index in [2.05, 4.69) is 0 Å². The number of aliphatic carboxylic acids is 1. The molecule has 2 rings (SSSR count). The molecule has 0 aromatic heterocycles. The van der Waals surface area contributed by atoms with Crippen molar-refractivity contribution in [2.24, 2.45) is 0 Å². The standard InChI is InChI=1S/C12H8ClNO4/c13-8-4-2-1-3-7(8)11(12(17)18)14-9(15)5-6-10(14)16/h1-6,11H,(H,17,18). The van der Waals surface area contributed by atoms with E-state index in [0.717, 1.165) is 12.2 Å². The number of halogens is 1. The van der Waals surface area contributed by atoms with Crippen molar-refractivity contribution in [1.82, 2.24) is 4.90 Å².